The zero-order chi connectivity index (χ0) is 21.2. The number of hydrazone groups is 1. The van der Waals surface area contributed by atoms with Gasteiger partial charge >= 0.3 is 0 Å². The highest BCUT2D eigenvalue weighted by Crippen LogP contribution is 2.41. The van der Waals surface area contributed by atoms with Crippen LogP contribution in [0.3, 0.4) is 0 Å². The van der Waals surface area contributed by atoms with Gasteiger partial charge in [0.2, 0.25) is 5.13 Å². The van der Waals surface area contributed by atoms with Gasteiger partial charge in [0.1, 0.15) is 11.5 Å². The smallest absolute Gasteiger partial charge is 0.207 e. The Bertz CT molecular complexity index is 1220. The Hall–Kier alpha value is -3.64. The van der Waals surface area contributed by atoms with Crippen LogP contribution in [0.25, 0.3) is 11.3 Å². The van der Waals surface area contributed by atoms with E-state index < -0.39 is 0 Å². The summed E-state index contributed by atoms with van der Waals surface area (Å²) in [4.78, 5) is 4.86. The number of methoxy groups -OCH3 is 1. The molecule has 154 valence electrons. The van der Waals surface area contributed by atoms with Crippen molar-refractivity contribution in [3.05, 3.63) is 95.4 Å². The van der Waals surface area contributed by atoms with Gasteiger partial charge in [-0.05, 0) is 35.9 Å². The molecule has 0 radical (unpaired) electrons. The zero-order valence-electron chi connectivity index (χ0n) is 17.0. The van der Waals surface area contributed by atoms with Crippen LogP contribution in [0.2, 0.25) is 0 Å². The third-order valence-electron chi connectivity index (χ3n) is 5.39. The predicted molar refractivity (Wildman–Crippen MR) is 125 cm³/mol. The summed E-state index contributed by atoms with van der Waals surface area (Å²) in [5, 5.41) is 20.3. The summed E-state index contributed by atoms with van der Waals surface area (Å²) in [6.45, 7) is 0. The molecule has 1 aliphatic rings. The maximum absolute atomic E-state index is 10.5. The molecule has 6 heteroatoms. The third-order valence-corrected chi connectivity index (χ3v) is 6.22. The number of thiazole rings is 1. The standard InChI is InChI=1S/C25H21N3O2S/c1-30-19-13-11-18(12-14-19)21-15-23(20-9-5-6-10-24(20)29)28(27-21)25-26-22(16-31-25)17-7-3-2-4-8-17/h2-14,16,23,29H,15H2,1H3. The molecule has 0 amide bonds. The molecule has 5 rings (SSSR count). The molecule has 1 aliphatic heterocycles. The van der Waals surface area contributed by atoms with Crippen LogP contribution in [-0.4, -0.2) is 22.9 Å². The molecule has 0 fully saturated rings. The topological polar surface area (TPSA) is 58.0 Å². The fourth-order valence-electron chi connectivity index (χ4n) is 3.77. The second-order valence-electron chi connectivity index (χ2n) is 7.28. The van der Waals surface area contributed by atoms with Gasteiger partial charge in [-0.3, -0.25) is 0 Å². The van der Waals surface area contributed by atoms with Crippen LogP contribution in [0.4, 0.5) is 5.13 Å². The van der Waals surface area contributed by atoms with Gasteiger partial charge in [-0.15, -0.1) is 11.3 Å². The van der Waals surface area contributed by atoms with E-state index >= 15 is 0 Å². The lowest BCUT2D eigenvalue weighted by atomic mass is 9.98. The highest BCUT2D eigenvalue weighted by molar-refractivity contribution is 7.14. The van der Waals surface area contributed by atoms with Gasteiger partial charge in [-0.2, -0.15) is 5.10 Å². The number of nitrogens with zero attached hydrogens (tertiary/aromatic N) is 3. The Kier molecular flexibility index (Phi) is 5.14. The number of hydrogen-bond acceptors (Lipinski definition) is 6. The van der Waals surface area contributed by atoms with E-state index in [1.165, 1.54) is 0 Å². The number of hydrogen-bond donors (Lipinski definition) is 1. The van der Waals surface area contributed by atoms with Crippen molar-refractivity contribution in [2.45, 2.75) is 12.5 Å². The maximum Gasteiger partial charge on any atom is 0.207 e. The van der Waals surface area contributed by atoms with E-state index in [0.717, 1.165) is 39.0 Å². The number of benzene rings is 3. The summed E-state index contributed by atoms with van der Waals surface area (Å²) < 4.78 is 5.28. The van der Waals surface area contributed by atoms with Crippen molar-refractivity contribution in [3.8, 4) is 22.8 Å². The molecule has 0 spiro atoms. The molecule has 1 unspecified atom stereocenters. The van der Waals surface area contributed by atoms with Crippen LogP contribution >= 0.6 is 11.3 Å². The van der Waals surface area contributed by atoms with Crippen LogP contribution in [0.15, 0.2) is 89.3 Å². The molecule has 1 aromatic heterocycles. The average molecular weight is 428 g/mol. The van der Waals surface area contributed by atoms with Crippen LogP contribution in [0.5, 0.6) is 11.5 Å². The predicted octanol–water partition coefficient (Wildman–Crippen LogP) is 5.88. The fraction of sp³-hybridized carbons (Fsp3) is 0.120. The molecule has 1 N–H and O–H groups in total. The van der Waals surface area contributed by atoms with Gasteiger partial charge in [0, 0.05) is 22.9 Å². The highest BCUT2D eigenvalue weighted by Gasteiger charge is 2.33. The third kappa shape index (κ3) is 3.78. The molecular weight excluding hydrogens is 406 g/mol. The fourth-order valence-corrected chi connectivity index (χ4v) is 4.60. The first-order chi connectivity index (χ1) is 15.2. The van der Waals surface area contributed by atoms with Crippen molar-refractivity contribution in [1.82, 2.24) is 4.98 Å². The molecule has 4 aromatic rings. The number of ether oxygens (including phenoxy) is 1. The second kappa shape index (κ2) is 8.24. The summed E-state index contributed by atoms with van der Waals surface area (Å²) >= 11 is 1.56. The summed E-state index contributed by atoms with van der Waals surface area (Å²) in [7, 11) is 1.66. The van der Waals surface area contributed by atoms with Crippen LogP contribution in [0.1, 0.15) is 23.6 Å². The van der Waals surface area contributed by atoms with Crippen LogP contribution in [0, 0.1) is 0 Å². The van der Waals surface area contributed by atoms with E-state index in [-0.39, 0.29) is 11.8 Å². The molecule has 0 aliphatic carbocycles. The number of aromatic hydroxyl groups is 1. The lowest BCUT2D eigenvalue weighted by molar-refractivity contribution is 0.415. The van der Waals surface area contributed by atoms with Crippen molar-refractivity contribution in [2.75, 3.05) is 12.1 Å². The minimum Gasteiger partial charge on any atom is -0.508 e. The Morgan fingerprint density at radius 3 is 2.42 bits per heavy atom. The van der Waals surface area contributed by atoms with E-state index in [9.17, 15) is 5.11 Å². The first-order valence-corrected chi connectivity index (χ1v) is 10.9. The molecule has 0 saturated carbocycles. The molecule has 31 heavy (non-hydrogen) atoms. The van der Waals surface area contributed by atoms with E-state index in [4.69, 9.17) is 14.8 Å². The largest absolute Gasteiger partial charge is 0.508 e. The van der Waals surface area contributed by atoms with Gasteiger partial charge in [-0.1, -0.05) is 48.5 Å². The molecule has 0 bridgehead atoms. The first kappa shape index (κ1) is 19.3. The number of phenolic OH excluding ortho intramolecular Hbond substituents is 1. The first-order valence-electron chi connectivity index (χ1n) is 10.0. The van der Waals surface area contributed by atoms with Crippen molar-refractivity contribution < 1.29 is 9.84 Å². The minimum atomic E-state index is -0.131. The van der Waals surface area contributed by atoms with Gasteiger partial charge < -0.3 is 9.84 Å². The highest BCUT2D eigenvalue weighted by atomic mass is 32.1. The summed E-state index contributed by atoms with van der Waals surface area (Å²) in [6, 6.07) is 25.3. The van der Waals surface area contributed by atoms with Crippen molar-refractivity contribution in [1.29, 1.82) is 0 Å². The quantitative estimate of drug-likeness (QED) is 0.432. The Labute approximate surface area is 184 Å². The Morgan fingerprint density at radius 1 is 0.935 bits per heavy atom. The number of aromatic nitrogens is 1. The van der Waals surface area contributed by atoms with Gasteiger partial charge in [-0.25, -0.2) is 9.99 Å². The van der Waals surface area contributed by atoms with Crippen LogP contribution < -0.4 is 9.75 Å². The van der Waals surface area contributed by atoms with E-state index in [2.05, 4.69) is 12.1 Å². The maximum atomic E-state index is 10.5. The van der Waals surface area contributed by atoms with Gasteiger partial charge in [0.25, 0.3) is 0 Å². The molecular formula is C25H21N3O2S. The lowest BCUT2D eigenvalue weighted by Gasteiger charge is -2.21. The SMILES string of the molecule is COc1ccc(C2=NN(c3nc(-c4ccccc4)cs3)C(c3ccccc3O)C2)cc1. The zero-order valence-corrected chi connectivity index (χ0v) is 17.8. The van der Waals surface area contributed by atoms with E-state index in [1.54, 1.807) is 24.5 Å². The Balaban J connectivity index is 1.54. The number of phenols is 1. The molecule has 1 atom stereocenters. The summed E-state index contributed by atoms with van der Waals surface area (Å²) in [5.41, 5.74) is 4.81. The van der Waals surface area contributed by atoms with Crippen molar-refractivity contribution in [2.24, 2.45) is 5.10 Å². The summed E-state index contributed by atoms with van der Waals surface area (Å²) in [5.74, 6) is 1.08. The lowest BCUT2D eigenvalue weighted by Crippen LogP contribution is -2.18. The Morgan fingerprint density at radius 2 is 1.68 bits per heavy atom. The summed E-state index contributed by atoms with van der Waals surface area (Å²) in [6.07, 6.45) is 0.671. The van der Waals surface area contributed by atoms with Crippen molar-refractivity contribution >= 4 is 22.2 Å². The molecule has 3 aromatic carbocycles. The van der Waals surface area contributed by atoms with E-state index in [0.29, 0.717) is 6.42 Å². The molecule has 5 nitrogen and oxygen atoms in total. The number of anilines is 1. The second-order valence-corrected chi connectivity index (χ2v) is 8.12. The normalized spacial score (nSPS) is 15.7. The molecule has 0 saturated heterocycles. The monoisotopic (exact) mass is 427 g/mol. The van der Waals surface area contributed by atoms with Crippen molar-refractivity contribution in [3.63, 3.8) is 0 Å². The average Bonchev–Trinajstić information content (AvgIpc) is 3.48. The number of rotatable bonds is 5. The number of para-hydroxylation sites is 1. The van der Waals surface area contributed by atoms with Gasteiger partial charge in [0.15, 0.2) is 0 Å². The van der Waals surface area contributed by atoms with E-state index in [1.807, 2.05) is 71.1 Å². The van der Waals surface area contributed by atoms with Gasteiger partial charge in [0.05, 0.1) is 24.6 Å². The molecule has 2 heterocycles. The van der Waals surface area contributed by atoms with Crippen LogP contribution in [-0.2, 0) is 0 Å². The minimum absolute atomic E-state index is 0.131.